The molecule has 0 fully saturated rings. The van der Waals surface area contributed by atoms with E-state index in [-0.39, 0.29) is 5.41 Å². The van der Waals surface area contributed by atoms with Crippen LogP contribution in [-0.4, -0.2) is 30.1 Å². The zero-order chi connectivity index (χ0) is 11.4. The van der Waals surface area contributed by atoms with Crippen LogP contribution >= 0.6 is 0 Å². The van der Waals surface area contributed by atoms with Gasteiger partial charge in [-0.25, -0.2) is 4.79 Å². The number of hydrogen-bond donors (Lipinski definition) is 2. The van der Waals surface area contributed by atoms with E-state index < -0.39 is 18.4 Å². The zero-order valence-electron chi connectivity index (χ0n) is 8.73. The Labute approximate surface area is 82.5 Å². The van der Waals surface area contributed by atoms with Crippen molar-refractivity contribution in [3.8, 4) is 0 Å². The SMILES string of the molecule is CCC(C)(C)CNCC(F)(F)C(=O)O. The lowest BCUT2D eigenvalue weighted by atomic mass is 9.90. The molecule has 0 aromatic heterocycles. The largest absolute Gasteiger partial charge is 0.477 e. The van der Waals surface area contributed by atoms with Gasteiger partial charge in [-0.05, 0) is 11.8 Å². The van der Waals surface area contributed by atoms with Gasteiger partial charge in [-0.3, -0.25) is 0 Å². The normalized spacial score (nSPS) is 12.9. The second-order valence-corrected chi connectivity index (χ2v) is 4.13. The number of nitrogens with one attached hydrogen (secondary N) is 1. The van der Waals surface area contributed by atoms with Gasteiger partial charge in [0.25, 0.3) is 0 Å². The van der Waals surface area contributed by atoms with Crippen LogP contribution in [0.5, 0.6) is 0 Å². The van der Waals surface area contributed by atoms with Crippen LogP contribution in [0.2, 0.25) is 0 Å². The Balaban J connectivity index is 3.91. The predicted octanol–water partition coefficient (Wildman–Crippen LogP) is 1.73. The molecular weight excluding hydrogens is 192 g/mol. The maximum atomic E-state index is 12.6. The van der Waals surface area contributed by atoms with E-state index in [1.54, 1.807) is 0 Å². The van der Waals surface area contributed by atoms with E-state index in [2.05, 4.69) is 5.32 Å². The van der Waals surface area contributed by atoms with Crippen LogP contribution in [0.25, 0.3) is 0 Å². The molecule has 84 valence electrons. The molecule has 3 nitrogen and oxygen atoms in total. The summed E-state index contributed by atoms with van der Waals surface area (Å²) < 4.78 is 25.1. The lowest BCUT2D eigenvalue weighted by Gasteiger charge is -2.24. The Hall–Kier alpha value is -0.710. The maximum Gasteiger partial charge on any atom is 0.375 e. The fraction of sp³-hybridized carbons (Fsp3) is 0.889. The highest BCUT2D eigenvalue weighted by Gasteiger charge is 2.38. The van der Waals surface area contributed by atoms with Gasteiger partial charge < -0.3 is 10.4 Å². The van der Waals surface area contributed by atoms with Crippen LogP contribution in [0.3, 0.4) is 0 Å². The number of aliphatic carboxylic acids is 1. The number of alkyl halides is 2. The number of rotatable bonds is 6. The monoisotopic (exact) mass is 209 g/mol. The molecule has 0 atom stereocenters. The molecule has 0 heterocycles. The molecule has 0 saturated carbocycles. The van der Waals surface area contributed by atoms with Crippen LogP contribution in [-0.2, 0) is 4.79 Å². The smallest absolute Gasteiger partial charge is 0.375 e. The molecule has 14 heavy (non-hydrogen) atoms. The second kappa shape index (κ2) is 4.68. The van der Waals surface area contributed by atoms with Crippen molar-refractivity contribution in [2.45, 2.75) is 33.1 Å². The molecule has 0 aromatic carbocycles. The van der Waals surface area contributed by atoms with Gasteiger partial charge in [0.2, 0.25) is 0 Å². The van der Waals surface area contributed by atoms with E-state index in [0.717, 1.165) is 6.42 Å². The number of halogens is 2. The molecular formula is C9H17F2NO2. The second-order valence-electron chi connectivity index (χ2n) is 4.13. The average molecular weight is 209 g/mol. The van der Waals surface area contributed by atoms with Crippen molar-refractivity contribution in [3.63, 3.8) is 0 Å². The topological polar surface area (TPSA) is 49.3 Å². The first-order chi connectivity index (χ1) is 6.21. The van der Waals surface area contributed by atoms with Crippen LogP contribution in [0, 0.1) is 5.41 Å². The van der Waals surface area contributed by atoms with Crippen LogP contribution in [0.4, 0.5) is 8.78 Å². The third-order valence-electron chi connectivity index (χ3n) is 2.22. The molecule has 0 unspecified atom stereocenters. The molecule has 0 saturated heterocycles. The maximum absolute atomic E-state index is 12.6. The summed E-state index contributed by atoms with van der Waals surface area (Å²) in [5.74, 6) is -5.76. The first-order valence-corrected chi connectivity index (χ1v) is 4.53. The third-order valence-corrected chi connectivity index (χ3v) is 2.22. The van der Waals surface area contributed by atoms with E-state index in [4.69, 9.17) is 5.11 Å². The van der Waals surface area contributed by atoms with E-state index in [1.165, 1.54) is 0 Å². The van der Waals surface area contributed by atoms with Gasteiger partial charge in [0, 0.05) is 6.54 Å². The fourth-order valence-corrected chi connectivity index (χ4v) is 0.758. The van der Waals surface area contributed by atoms with Gasteiger partial charge in [0.1, 0.15) is 0 Å². The standard InChI is InChI=1S/C9H17F2NO2/c1-4-8(2,3)5-12-6-9(10,11)7(13)14/h12H,4-6H2,1-3H3,(H,13,14). The summed E-state index contributed by atoms with van der Waals surface area (Å²) in [7, 11) is 0. The molecule has 0 bridgehead atoms. The van der Waals surface area contributed by atoms with Crippen molar-refractivity contribution in [3.05, 3.63) is 0 Å². The van der Waals surface area contributed by atoms with Crippen molar-refractivity contribution in [1.82, 2.24) is 5.32 Å². The van der Waals surface area contributed by atoms with Gasteiger partial charge in [0.15, 0.2) is 0 Å². The number of carboxylic acids is 1. The Morgan fingerprint density at radius 1 is 1.36 bits per heavy atom. The highest BCUT2D eigenvalue weighted by molar-refractivity contribution is 5.75. The molecule has 0 amide bonds. The number of hydrogen-bond acceptors (Lipinski definition) is 2. The summed E-state index contributed by atoms with van der Waals surface area (Å²) in [5.41, 5.74) is -0.0887. The fourth-order valence-electron chi connectivity index (χ4n) is 0.758. The van der Waals surface area contributed by atoms with E-state index in [0.29, 0.717) is 6.54 Å². The predicted molar refractivity (Wildman–Crippen MR) is 49.5 cm³/mol. The average Bonchev–Trinajstić information content (AvgIpc) is 2.03. The molecule has 0 rings (SSSR count). The van der Waals surface area contributed by atoms with E-state index in [9.17, 15) is 13.6 Å². The summed E-state index contributed by atoms with van der Waals surface area (Å²) in [6.45, 7) is 5.38. The zero-order valence-corrected chi connectivity index (χ0v) is 8.73. The lowest BCUT2D eigenvalue weighted by Crippen LogP contribution is -2.42. The lowest BCUT2D eigenvalue weighted by molar-refractivity contribution is -0.164. The molecule has 0 aromatic rings. The van der Waals surface area contributed by atoms with Crippen LogP contribution in [0.15, 0.2) is 0 Å². The van der Waals surface area contributed by atoms with Crippen molar-refractivity contribution in [1.29, 1.82) is 0 Å². The highest BCUT2D eigenvalue weighted by Crippen LogP contribution is 2.18. The molecule has 5 heteroatoms. The molecule has 0 spiro atoms. The Morgan fingerprint density at radius 3 is 2.21 bits per heavy atom. The van der Waals surface area contributed by atoms with E-state index >= 15 is 0 Å². The van der Waals surface area contributed by atoms with Crippen molar-refractivity contribution >= 4 is 5.97 Å². The van der Waals surface area contributed by atoms with Gasteiger partial charge in [0.05, 0.1) is 6.54 Å². The summed E-state index contributed by atoms with van der Waals surface area (Å²) in [5, 5.41) is 10.6. The summed E-state index contributed by atoms with van der Waals surface area (Å²) in [6, 6.07) is 0. The molecule has 0 radical (unpaired) electrons. The molecule has 0 aliphatic heterocycles. The Morgan fingerprint density at radius 2 is 1.86 bits per heavy atom. The van der Waals surface area contributed by atoms with Gasteiger partial charge in [-0.2, -0.15) is 8.78 Å². The van der Waals surface area contributed by atoms with Gasteiger partial charge in [-0.1, -0.05) is 20.8 Å². The van der Waals surface area contributed by atoms with Gasteiger partial charge in [-0.15, -0.1) is 0 Å². The minimum atomic E-state index is -3.68. The highest BCUT2D eigenvalue weighted by atomic mass is 19.3. The number of carbonyl (C=O) groups is 1. The molecule has 0 aliphatic rings. The van der Waals surface area contributed by atoms with E-state index in [1.807, 2.05) is 20.8 Å². The van der Waals surface area contributed by atoms with Crippen LogP contribution in [0.1, 0.15) is 27.2 Å². The van der Waals surface area contributed by atoms with Crippen molar-refractivity contribution < 1.29 is 18.7 Å². The van der Waals surface area contributed by atoms with Crippen molar-refractivity contribution in [2.24, 2.45) is 5.41 Å². The number of carboxylic acid groups (broad SMARTS) is 1. The minimum Gasteiger partial charge on any atom is -0.477 e. The van der Waals surface area contributed by atoms with Gasteiger partial charge >= 0.3 is 11.9 Å². The summed E-state index contributed by atoms with van der Waals surface area (Å²) in [6.07, 6.45) is 0.846. The first-order valence-electron chi connectivity index (χ1n) is 4.53. The Bertz CT molecular complexity index is 205. The molecule has 2 N–H and O–H groups in total. The quantitative estimate of drug-likeness (QED) is 0.700. The molecule has 0 aliphatic carbocycles. The van der Waals surface area contributed by atoms with Crippen molar-refractivity contribution in [2.75, 3.05) is 13.1 Å². The Kier molecular flexibility index (Phi) is 4.45. The summed E-state index contributed by atoms with van der Waals surface area (Å²) in [4.78, 5) is 10.1. The third kappa shape index (κ3) is 4.50. The minimum absolute atomic E-state index is 0.0887. The first kappa shape index (κ1) is 13.3. The van der Waals surface area contributed by atoms with Crippen LogP contribution < -0.4 is 5.32 Å². The summed E-state index contributed by atoms with van der Waals surface area (Å²) >= 11 is 0.